The Bertz CT molecular complexity index is 931. The molecule has 1 N–H and O–H groups in total. The van der Waals surface area contributed by atoms with Crippen LogP contribution in [-0.2, 0) is 6.42 Å². The van der Waals surface area contributed by atoms with Crippen molar-refractivity contribution in [3.63, 3.8) is 0 Å². The average molecular weight is 388 g/mol. The molecule has 27 heavy (non-hydrogen) atoms. The molecule has 1 heterocycles. The van der Waals surface area contributed by atoms with E-state index in [1.54, 1.807) is 0 Å². The van der Waals surface area contributed by atoms with Crippen molar-refractivity contribution in [1.82, 2.24) is 5.32 Å². The van der Waals surface area contributed by atoms with Crippen LogP contribution in [0.1, 0.15) is 29.8 Å². The van der Waals surface area contributed by atoms with E-state index in [9.17, 15) is 9.18 Å². The van der Waals surface area contributed by atoms with Gasteiger partial charge in [0, 0.05) is 12.0 Å². The van der Waals surface area contributed by atoms with Gasteiger partial charge in [0.1, 0.15) is 18.0 Å². The summed E-state index contributed by atoms with van der Waals surface area (Å²) in [5.41, 5.74) is 1.09. The second-order valence-electron chi connectivity index (χ2n) is 6.73. The second-order valence-corrected chi connectivity index (χ2v) is 7.14. The third kappa shape index (κ3) is 4.72. The number of hydrogen-bond acceptors (Lipinski definition) is 3. The minimum atomic E-state index is -0.492. The number of rotatable bonds is 4. The van der Waals surface area contributed by atoms with Crippen molar-refractivity contribution < 1.29 is 18.7 Å². The molecule has 1 aliphatic heterocycles. The SMILES string of the molecule is CC1(C)Cc2cccc(OCC#CCNC(=O)c3ccc(F)cc3Cl)c2O1. The van der Waals surface area contributed by atoms with Crippen molar-refractivity contribution >= 4 is 17.5 Å². The van der Waals surface area contributed by atoms with Crippen molar-refractivity contribution in [3.05, 3.63) is 58.4 Å². The summed E-state index contributed by atoms with van der Waals surface area (Å²) in [6.07, 6.45) is 0.836. The van der Waals surface area contributed by atoms with Gasteiger partial charge in [-0.25, -0.2) is 4.39 Å². The number of carbonyl (C=O) groups excluding carboxylic acids is 1. The topological polar surface area (TPSA) is 47.6 Å². The lowest BCUT2D eigenvalue weighted by Crippen LogP contribution is -2.24. The molecule has 0 saturated heterocycles. The van der Waals surface area contributed by atoms with Gasteiger partial charge in [-0.15, -0.1) is 0 Å². The van der Waals surface area contributed by atoms with Gasteiger partial charge in [0.2, 0.25) is 0 Å². The summed E-state index contributed by atoms with van der Waals surface area (Å²) in [7, 11) is 0. The predicted molar refractivity (Wildman–Crippen MR) is 102 cm³/mol. The lowest BCUT2D eigenvalue weighted by Gasteiger charge is -2.17. The highest BCUT2D eigenvalue weighted by Gasteiger charge is 2.32. The fourth-order valence-corrected chi connectivity index (χ4v) is 3.07. The number of halogens is 2. The molecule has 0 saturated carbocycles. The highest BCUT2D eigenvalue weighted by atomic mass is 35.5. The zero-order chi connectivity index (χ0) is 19.4. The molecule has 1 amide bonds. The number of nitrogens with one attached hydrogen (secondary N) is 1. The van der Waals surface area contributed by atoms with Crippen LogP contribution in [0.2, 0.25) is 5.02 Å². The Labute approximate surface area is 162 Å². The number of fused-ring (bicyclic) bond motifs is 1. The normalized spacial score (nSPS) is 13.8. The lowest BCUT2D eigenvalue weighted by atomic mass is 10.0. The Morgan fingerprint density at radius 2 is 2.15 bits per heavy atom. The Morgan fingerprint density at radius 3 is 2.93 bits per heavy atom. The average Bonchev–Trinajstić information content (AvgIpc) is 2.92. The van der Waals surface area contributed by atoms with Gasteiger partial charge in [-0.05, 0) is 38.1 Å². The van der Waals surface area contributed by atoms with Gasteiger partial charge in [0.25, 0.3) is 5.91 Å². The molecule has 0 aromatic heterocycles. The van der Waals surface area contributed by atoms with E-state index in [-0.39, 0.29) is 29.3 Å². The molecule has 1 aliphatic rings. The van der Waals surface area contributed by atoms with E-state index in [2.05, 4.69) is 17.2 Å². The van der Waals surface area contributed by atoms with Gasteiger partial charge < -0.3 is 14.8 Å². The van der Waals surface area contributed by atoms with E-state index in [0.717, 1.165) is 23.8 Å². The summed E-state index contributed by atoms with van der Waals surface area (Å²) in [4.78, 5) is 12.0. The lowest BCUT2D eigenvalue weighted by molar-refractivity contribution is 0.0958. The molecule has 3 rings (SSSR count). The van der Waals surface area contributed by atoms with E-state index in [4.69, 9.17) is 21.1 Å². The van der Waals surface area contributed by atoms with Crippen LogP contribution in [0.3, 0.4) is 0 Å². The molecule has 0 fully saturated rings. The molecule has 0 atom stereocenters. The van der Waals surface area contributed by atoms with Crippen LogP contribution in [0, 0.1) is 17.7 Å². The van der Waals surface area contributed by atoms with E-state index < -0.39 is 11.7 Å². The summed E-state index contributed by atoms with van der Waals surface area (Å²) in [5, 5.41) is 2.67. The number of hydrogen-bond donors (Lipinski definition) is 1. The van der Waals surface area contributed by atoms with Crippen molar-refractivity contribution in [2.45, 2.75) is 25.9 Å². The zero-order valence-corrected chi connectivity index (χ0v) is 15.8. The first-order valence-corrected chi connectivity index (χ1v) is 8.86. The fourth-order valence-electron chi connectivity index (χ4n) is 2.82. The zero-order valence-electron chi connectivity index (χ0n) is 15.1. The van der Waals surface area contributed by atoms with Crippen LogP contribution < -0.4 is 14.8 Å². The molecule has 4 nitrogen and oxygen atoms in total. The minimum absolute atomic E-state index is 0.0599. The van der Waals surface area contributed by atoms with Crippen molar-refractivity contribution in [2.24, 2.45) is 0 Å². The van der Waals surface area contributed by atoms with Gasteiger partial charge in [0.05, 0.1) is 17.1 Å². The largest absolute Gasteiger partial charge is 0.483 e. The molecule has 2 aromatic rings. The molecule has 2 aromatic carbocycles. The first-order valence-electron chi connectivity index (χ1n) is 8.48. The highest BCUT2D eigenvalue weighted by Crippen LogP contribution is 2.41. The fraction of sp³-hybridized carbons (Fsp3) is 0.286. The highest BCUT2D eigenvalue weighted by molar-refractivity contribution is 6.33. The van der Waals surface area contributed by atoms with Crippen molar-refractivity contribution in [2.75, 3.05) is 13.2 Å². The van der Waals surface area contributed by atoms with Crippen LogP contribution in [0.25, 0.3) is 0 Å². The molecule has 0 radical (unpaired) electrons. The maximum atomic E-state index is 13.0. The molecule has 0 bridgehead atoms. The van der Waals surface area contributed by atoms with Gasteiger partial charge in [-0.3, -0.25) is 4.79 Å². The standard InChI is InChI=1S/C21H19ClFNO3/c1-21(2)13-14-6-5-7-18(19(14)27-21)26-11-4-3-10-24-20(25)16-9-8-15(23)12-17(16)22/h5-9,12H,10-11,13H2,1-2H3,(H,24,25). The Kier molecular flexibility index (Phi) is 5.57. The van der Waals surface area contributed by atoms with E-state index in [1.807, 2.05) is 32.0 Å². The third-order valence-electron chi connectivity index (χ3n) is 3.99. The smallest absolute Gasteiger partial charge is 0.253 e. The van der Waals surface area contributed by atoms with E-state index >= 15 is 0 Å². The Morgan fingerprint density at radius 1 is 1.33 bits per heavy atom. The van der Waals surface area contributed by atoms with Gasteiger partial charge in [-0.1, -0.05) is 35.6 Å². The van der Waals surface area contributed by atoms with Gasteiger partial charge in [0.15, 0.2) is 11.5 Å². The molecule has 0 spiro atoms. The number of carbonyl (C=O) groups is 1. The summed E-state index contributed by atoms with van der Waals surface area (Å²) >= 11 is 5.85. The number of amides is 1. The van der Waals surface area contributed by atoms with Crippen LogP contribution in [0.4, 0.5) is 4.39 Å². The predicted octanol–water partition coefficient (Wildman–Crippen LogP) is 4.00. The van der Waals surface area contributed by atoms with Crippen LogP contribution in [0.15, 0.2) is 36.4 Å². The first kappa shape index (κ1) is 19.1. The quantitative estimate of drug-likeness (QED) is 0.806. The second kappa shape index (κ2) is 7.89. The minimum Gasteiger partial charge on any atom is -0.483 e. The maximum Gasteiger partial charge on any atom is 0.253 e. The molecule has 6 heteroatoms. The van der Waals surface area contributed by atoms with E-state index in [0.29, 0.717) is 5.75 Å². The summed E-state index contributed by atoms with van der Waals surface area (Å²) < 4.78 is 24.6. The Hall–Kier alpha value is -2.71. The van der Waals surface area contributed by atoms with Crippen LogP contribution >= 0.6 is 11.6 Å². The summed E-state index contributed by atoms with van der Waals surface area (Å²) in [5.74, 6) is 6.17. The number of ether oxygens (including phenoxy) is 2. The van der Waals surface area contributed by atoms with Gasteiger partial charge in [-0.2, -0.15) is 0 Å². The Balaban J connectivity index is 1.50. The van der Waals surface area contributed by atoms with Crippen molar-refractivity contribution in [1.29, 1.82) is 0 Å². The molecule has 0 unspecified atom stereocenters. The summed E-state index contributed by atoms with van der Waals surface area (Å²) in [6, 6.07) is 9.42. The molecule has 140 valence electrons. The van der Waals surface area contributed by atoms with Crippen LogP contribution in [-0.4, -0.2) is 24.7 Å². The summed E-state index contributed by atoms with van der Waals surface area (Å²) in [6.45, 7) is 4.37. The van der Waals surface area contributed by atoms with E-state index in [1.165, 1.54) is 12.1 Å². The number of benzene rings is 2. The van der Waals surface area contributed by atoms with Crippen LogP contribution in [0.5, 0.6) is 11.5 Å². The molecular weight excluding hydrogens is 369 g/mol. The number of para-hydroxylation sites is 1. The van der Waals surface area contributed by atoms with Crippen molar-refractivity contribution in [3.8, 4) is 23.3 Å². The third-order valence-corrected chi connectivity index (χ3v) is 4.31. The molecule has 0 aliphatic carbocycles. The maximum absolute atomic E-state index is 13.0. The van der Waals surface area contributed by atoms with Gasteiger partial charge >= 0.3 is 0 Å². The monoisotopic (exact) mass is 387 g/mol. The first-order chi connectivity index (χ1) is 12.9. The molecular formula is C21H19ClFNO3.